The van der Waals surface area contributed by atoms with Crippen molar-refractivity contribution in [3.8, 4) is 0 Å². The van der Waals surface area contributed by atoms with Crippen LogP contribution in [0.2, 0.25) is 0 Å². The first-order chi connectivity index (χ1) is 7.25. The standard InChI is InChI=1S/C10H17N3O2/c1-13(4-6-15-7-5-14)10-2-3-12-8-9(10)11/h2-3,8,14H,4-7,11H2,1H3. The van der Waals surface area contributed by atoms with Crippen molar-refractivity contribution in [1.82, 2.24) is 4.98 Å². The number of rotatable bonds is 6. The van der Waals surface area contributed by atoms with Crippen LogP contribution in [-0.2, 0) is 4.74 Å². The summed E-state index contributed by atoms with van der Waals surface area (Å²) in [4.78, 5) is 5.92. The van der Waals surface area contributed by atoms with Crippen LogP contribution in [0.5, 0.6) is 0 Å². The molecule has 15 heavy (non-hydrogen) atoms. The molecule has 0 saturated carbocycles. The number of ether oxygens (including phenoxy) is 1. The van der Waals surface area contributed by atoms with E-state index in [1.165, 1.54) is 0 Å². The Morgan fingerprint density at radius 1 is 1.53 bits per heavy atom. The third-order valence-electron chi connectivity index (χ3n) is 2.05. The molecule has 0 aliphatic heterocycles. The quantitative estimate of drug-likeness (QED) is 0.653. The van der Waals surface area contributed by atoms with Crippen LogP contribution in [0.25, 0.3) is 0 Å². The molecule has 0 aliphatic carbocycles. The van der Waals surface area contributed by atoms with Gasteiger partial charge in [-0.25, -0.2) is 0 Å². The van der Waals surface area contributed by atoms with Crippen LogP contribution >= 0.6 is 0 Å². The second-order valence-electron chi connectivity index (χ2n) is 3.19. The lowest BCUT2D eigenvalue weighted by Crippen LogP contribution is -2.24. The number of hydrogen-bond donors (Lipinski definition) is 2. The highest BCUT2D eigenvalue weighted by atomic mass is 16.5. The van der Waals surface area contributed by atoms with E-state index in [4.69, 9.17) is 15.6 Å². The molecule has 0 amide bonds. The van der Waals surface area contributed by atoms with Gasteiger partial charge in [0.25, 0.3) is 0 Å². The summed E-state index contributed by atoms with van der Waals surface area (Å²) in [6.07, 6.45) is 3.33. The second-order valence-corrected chi connectivity index (χ2v) is 3.19. The number of nitrogens with two attached hydrogens (primary N) is 1. The molecule has 0 saturated heterocycles. The molecule has 5 heteroatoms. The van der Waals surface area contributed by atoms with E-state index in [1.807, 2.05) is 18.0 Å². The van der Waals surface area contributed by atoms with Crippen molar-refractivity contribution in [1.29, 1.82) is 0 Å². The monoisotopic (exact) mass is 211 g/mol. The number of anilines is 2. The van der Waals surface area contributed by atoms with Gasteiger partial charge in [-0.15, -0.1) is 0 Å². The van der Waals surface area contributed by atoms with Crippen LogP contribution in [-0.4, -0.2) is 43.5 Å². The number of hydrogen-bond acceptors (Lipinski definition) is 5. The molecule has 5 nitrogen and oxygen atoms in total. The van der Waals surface area contributed by atoms with E-state index in [9.17, 15) is 0 Å². The van der Waals surface area contributed by atoms with Gasteiger partial charge in [-0.05, 0) is 6.07 Å². The Labute approximate surface area is 89.5 Å². The molecule has 0 fully saturated rings. The summed E-state index contributed by atoms with van der Waals surface area (Å²) in [5.41, 5.74) is 7.36. The maximum atomic E-state index is 8.53. The molecule has 0 spiro atoms. The Balaban J connectivity index is 2.40. The van der Waals surface area contributed by atoms with E-state index in [0.29, 0.717) is 18.9 Å². The highest BCUT2D eigenvalue weighted by Gasteiger charge is 2.03. The molecule has 3 N–H and O–H groups in total. The minimum absolute atomic E-state index is 0.0567. The lowest BCUT2D eigenvalue weighted by Gasteiger charge is -2.20. The molecule has 0 aliphatic rings. The van der Waals surface area contributed by atoms with E-state index in [1.54, 1.807) is 12.4 Å². The number of aliphatic hydroxyl groups excluding tert-OH is 1. The van der Waals surface area contributed by atoms with Gasteiger partial charge in [-0.2, -0.15) is 0 Å². The van der Waals surface area contributed by atoms with Crippen LogP contribution in [0.15, 0.2) is 18.5 Å². The summed E-state index contributed by atoms with van der Waals surface area (Å²) in [7, 11) is 1.94. The number of nitrogens with zero attached hydrogens (tertiary/aromatic N) is 2. The van der Waals surface area contributed by atoms with E-state index in [-0.39, 0.29) is 6.61 Å². The van der Waals surface area contributed by atoms with E-state index >= 15 is 0 Å². The van der Waals surface area contributed by atoms with Gasteiger partial charge in [0.05, 0.1) is 37.4 Å². The Bertz CT molecular complexity index is 294. The number of nitrogen functional groups attached to an aromatic ring is 1. The molecule has 1 aromatic heterocycles. The minimum Gasteiger partial charge on any atom is -0.396 e. The first-order valence-corrected chi connectivity index (χ1v) is 4.85. The van der Waals surface area contributed by atoms with Crippen molar-refractivity contribution in [3.05, 3.63) is 18.5 Å². The van der Waals surface area contributed by atoms with Crippen LogP contribution < -0.4 is 10.6 Å². The summed E-state index contributed by atoms with van der Waals surface area (Å²) in [6.45, 7) is 1.73. The molecule has 1 aromatic rings. The van der Waals surface area contributed by atoms with E-state index in [2.05, 4.69) is 4.98 Å². The summed E-state index contributed by atoms with van der Waals surface area (Å²) in [6, 6.07) is 1.86. The van der Waals surface area contributed by atoms with Crippen LogP contribution in [0.3, 0.4) is 0 Å². The van der Waals surface area contributed by atoms with E-state index in [0.717, 1.165) is 12.2 Å². The zero-order chi connectivity index (χ0) is 11.1. The van der Waals surface area contributed by atoms with Crippen LogP contribution in [0.4, 0.5) is 11.4 Å². The van der Waals surface area contributed by atoms with Crippen molar-refractivity contribution in [2.45, 2.75) is 0 Å². The SMILES string of the molecule is CN(CCOCCO)c1ccncc1N. The normalized spacial score (nSPS) is 10.3. The average Bonchev–Trinajstić information content (AvgIpc) is 2.25. The molecular weight excluding hydrogens is 194 g/mol. The molecule has 0 bridgehead atoms. The van der Waals surface area contributed by atoms with Gasteiger partial charge in [0, 0.05) is 19.8 Å². The lowest BCUT2D eigenvalue weighted by molar-refractivity contribution is 0.0971. The van der Waals surface area contributed by atoms with Gasteiger partial charge in [0.2, 0.25) is 0 Å². The molecule has 0 unspecified atom stereocenters. The number of aromatic nitrogens is 1. The molecule has 0 atom stereocenters. The summed E-state index contributed by atoms with van der Waals surface area (Å²) >= 11 is 0. The molecule has 0 aromatic carbocycles. The van der Waals surface area contributed by atoms with Crippen molar-refractivity contribution < 1.29 is 9.84 Å². The Morgan fingerprint density at radius 3 is 3.00 bits per heavy atom. The first-order valence-electron chi connectivity index (χ1n) is 4.85. The lowest BCUT2D eigenvalue weighted by atomic mass is 10.3. The van der Waals surface area contributed by atoms with Crippen molar-refractivity contribution in [2.75, 3.05) is 44.0 Å². The van der Waals surface area contributed by atoms with Gasteiger partial charge >= 0.3 is 0 Å². The predicted octanol–water partition coefficient (Wildman–Crippen LogP) is 0.109. The van der Waals surface area contributed by atoms with Gasteiger partial charge < -0.3 is 20.5 Å². The fraction of sp³-hybridized carbons (Fsp3) is 0.500. The highest BCUT2D eigenvalue weighted by Crippen LogP contribution is 2.19. The third-order valence-corrected chi connectivity index (χ3v) is 2.05. The second kappa shape index (κ2) is 6.21. The highest BCUT2D eigenvalue weighted by molar-refractivity contribution is 5.65. The topological polar surface area (TPSA) is 71.6 Å². The smallest absolute Gasteiger partial charge is 0.0738 e. The Morgan fingerprint density at radius 2 is 2.33 bits per heavy atom. The van der Waals surface area contributed by atoms with Crippen molar-refractivity contribution >= 4 is 11.4 Å². The fourth-order valence-corrected chi connectivity index (χ4v) is 1.24. The Kier molecular flexibility index (Phi) is 4.86. The number of pyridine rings is 1. The predicted molar refractivity (Wildman–Crippen MR) is 59.8 cm³/mol. The van der Waals surface area contributed by atoms with Gasteiger partial charge in [0.1, 0.15) is 0 Å². The summed E-state index contributed by atoms with van der Waals surface area (Å²) in [5, 5.41) is 8.53. The minimum atomic E-state index is 0.0567. The largest absolute Gasteiger partial charge is 0.396 e. The van der Waals surface area contributed by atoms with Crippen molar-refractivity contribution in [3.63, 3.8) is 0 Å². The molecular formula is C10H17N3O2. The van der Waals surface area contributed by atoms with Crippen LogP contribution in [0.1, 0.15) is 0 Å². The summed E-state index contributed by atoms with van der Waals surface area (Å²) < 4.78 is 5.17. The fourth-order valence-electron chi connectivity index (χ4n) is 1.24. The number of likely N-dealkylation sites (N-methyl/N-ethyl adjacent to an activating group) is 1. The van der Waals surface area contributed by atoms with E-state index < -0.39 is 0 Å². The molecule has 0 radical (unpaired) electrons. The first kappa shape index (κ1) is 11.7. The van der Waals surface area contributed by atoms with Gasteiger partial charge in [0.15, 0.2) is 0 Å². The molecule has 1 rings (SSSR count). The van der Waals surface area contributed by atoms with Gasteiger partial charge in [-0.3, -0.25) is 4.98 Å². The van der Waals surface area contributed by atoms with Crippen LogP contribution in [0, 0.1) is 0 Å². The average molecular weight is 211 g/mol. The molecule has 84 valence electrons. The third kappa shape index (κ3) is 3.73. The molecule has 1 heterocycles. The summed E-state index contributed by atoms with van der Waals surface area (Å²) in [5.74, 6) is 0. The maximum Gasteiger partial charge on any atom is 0.0738 e. The van der Waals surface area contributed by atoms with Crippen molar-refractivity contribution in [2.24, 2.45) is 0 Å². The maximum absolute atomic E-state index is 8.53. The zero-order valence-electron chi connectivity index (χ0n) is 8.89. The van der Waals surface area contributed by atoms with Gasteiger partial charge in [-0.1, -0.05) is 0 Å². The number of aliphatic hydroxyl groups is 1. The zero-order valence-corrected chi connectivity index (χ0v) is 8.89. The Hall–Kier alpha value is -1.33.